The number of ether oxygens (including phenoxy) is 1. The highest BCUT2D eigenvalue weighted by molar-refractivity contribution is 9.10. The van der Waals surface area contributed by atoms with Gasteiger partial charge in [-0.15, -0.1) is 0 Å². The Kier molecular flexibility index (Phi) is 4.10. The average Bonchev–Trinajstić information content (AvgIpc) is 3.01. The molecule has 0 unspecified atom stereocenters. The maximum atomic E-state index is 5.31. The topological polar surface area (TPSA) is 25.0 Å². The molecule has 0 bridgehead atoms. The van der Waals surface area contributed by atoms with E-state index in [1.54, 1.807) is 7.11 Å². The molecule has 0 fully saturated rings. The van der Waals surface area contributed by atoms with Crippen molar-refractivity contribution in [3.8, 4) is 28.1 Å². The fourth-order valence-electron chi connectivity index (χ4n) is 3.22. The van der Waals surface area contributed by atoms with Crippen LogP contribution >= 0.6 is 15.9 Å². The fraction of sp³-hybridized carbons (Fsp3) is 0.0909. The number of methoxy groups -OCH3 is 1. The standard InChI is InChI=1S/C22H18BrNO/c1-14-7-12-17(19(23)13-14)22-21(15-8-10-16(25-2)11-9-15)18-5-3-4-6-20(18)24-22/h3-13,24H,1-2H3. The molecule has 0 radical (unpaired) electrons. The Hall–Kier alpha value is -2.52. The first kappa shape index (κ1) is 16.0. The van der Waals surface area contributed by atoms with Crippen LogP contribution in [0, 0.1) is 6.92 Å². The van der Waals surface area contributed by atoms with Crippen LogP contribution in [0.15, 0.2) is 71.2 Å². The molecule has 0 spiro atoms. The molecule has 0 atom stereocenters. The summed E-state index contributed by atoms with van der Waals surface area (Å²) >= 11 is 3.73. The van der Waals surface area contributed by atoms with Crippen LogP contribution in [0.3, 0.4) is 0 Å². The molecule has 0 saturated heterocycles. The van der Waals surface area contributed by atoms with Gasteiger partial charge in [0.05, 0.1) is 12.8 Å². The zero-order valence-electron chi connectivity index (χ0n) is 14.1. The molecular weight excluding hydrogens is 374 g/mol. The summed E-state index contributed by atoms with van der Waals surface area (Å²) in [6, 6.07) is 23.1. The highest BCUT2D eigenvalue weighted by Gasteiger charge is 2.16. The molecule has 3 aromatic carbocycles. The van der Waals surface area contributed by atoms with Crippen LogP contribution in [0.1, 0.15) is 5.56 Å². The molecule has 1 heterocycles. The monoisotopic (exact) mass is 391 g/mol. The molecule has 3 heteroatoms. The molecule has 0 aliphatic carbocycles. The van der Waals surface area contributed by atoms with Gasteiger partial charge in [0, 0.05) is 26.5 Å². The van der Waals surface area contributed by atoms with E-state index in [2.05, 4.69) is 82.4 Å². The SMILES string of the molecule is COc1ccc(-c2c(-c3ccc(C)cc3Br)[nH]c3ccccc23)cc1. The number of halogens is 1. The van der Waals surface area contributed by atoms with E-state index in [1.807, 2.05) is 12.1 Å². The third-order valence-electron chi connectivity index (χ3n) is 4.48. The van der Waals surface area contributed by atoms with E-state index in [4.69, 9.17) is 4.74 Å². The molecule has 0 amide bonds. The Morgan fingerprint density at radius 2 is 1.68 bits per heavy atom. The number of hydrogen-bond acceptors (Lipinski definition) is 1. The van der Waals surface area contributed by atoms with Crippen molar-refractivity contribution in [1.29, 1.82) is 0 Å². The lowest BCUT2D eigenvalue weighted by Gasteiger charge is -2.09. The molecule has 124 valence electrons. The van der Waals surface area contributed by atoms with Crippen LogP contribution in [0.4, 0.5) is 0 Å². The van der Waals surface area contributed by atoms with E-state index < -0.39 is 0 Å². The number of aromatic amines is 1. The number of aromatic nitrogens is 1. The van der Waals surface area contributed by atoms with E-state index in [1.165, 1.54) is 22.1 Å². The normalized spacial score (nSPS) is 11.0. The van der Waals surface area contributed by atoms with Gasteiger partial charge < -0.3 is 9.72 Å². The molecule has 1 N–H and O–H groups in total. The van der Waals surface area contributed by atoms with Gasteiger partial charge in [0.15, 0.2) is 0 Å². The molecule has 2 nitrogen and oxygen atoms in total. The van der Waals surface area contributed by atoms with Crippen LogP contribution in [0.25, 0.3) is 33.3 Å². The highest BCUT2D eigenvalue weighted by atomic mass is 79.9. The second-order valence-corrected chi connectivity index (χ2v) is 6.99. The third kappa shape index (κ3) is 2.85. The van der Waals surface area contributed by atoms with Crippen molar-refractivity contribution in [2.75, 3.05) is 7.11 Å². The smallest absolute Gasteiger partial charge is 0.118 e. The van der Waals surface area contributed by atoms with E-state index >= 15 is 0 Å². The maximum Gasteiger partial charge on any atom is 0.118 e. The molecule has 0 saturated carbocycles. The van der Waals surface area contributed by atoms with Crippen molar-refractivity contribution < 1.29 is 4.74 Å². The minimum Gasteiger partial charge on any atom is -0.497 e. The fourth-order valence-corrected chi connectivity index (χ4v) is 3.92. The minimum absolute atomic E-state index is 0.863. The summed E-state index contributed by atoms with van der Waals surface area (Å²) in [7, 11) is 1.69. The Morgan fingerprint density at radius 3 is 2.40 bits per heavy atom. The second-order valence-electron chi connectivity index (χ2n) is 6.13. The Labute approximate surface area is 155 Å². The summed E-state index contributed by atoms with van der Waals surface area (Å²) in [5, 5.41) is 1.22. The van der Waals surface area contributed by atoms with Gasteiger partial charge in [-0.3, -0.25) is 0 Å². The van der Waals surface area contributed by atoms with Gasteiger partial charge in [-0.1, -0.05) is 58.4 Å². The zero-order chi connectivity index (χ0) is 17.4. The van der Waals surface area contributed by atoms with E-state index in [-0.39, 0.29) is 0 Å². The summed E-state index contributed by atoms with van der Waals surface area (Å²) in [5.41, 5.74) is 7.03. The summed E-state index contributed by atoms with van der Waals surface area (Å²) in [5.74, 6) is 0.863. The summed E-state index contributed by atoms with van der Waals surface area (Å²) in [4.78, 5) is 3.61. The van der Waals surface area contributed by atoms with Crippen LogP contribution < -0.4 is 4.74 Å². The number of nitrogens with one attached hydrogen (secondary N) is 1. The first-order valence-electron chi connectivity index (χ1n) is 8.19. The zero-order valence-corrected chi connectivity index (χ0v) is 15.7. The van der Waals surface area contributed by atoms with Crippen LogP contribution in [0.2, 0.25) is 0 Å². The van der Waals surface area contributed by atoms with Crippen molar-refractivity contribution >= 4 is 26.8 Å². The number of aryl methyl sites for hydroxylation is 1. The number of para-hydroxylation sites is 1. The van der Waals surface area contributed by atoms with Crippen molar-refractivity contribution in [3.63, 3.8) is 0 Å². The number of hydrogen-bond donors (Lipinski definition) is 1. The van der Waals surface area contributed by atoms with E-state index in [0.29, 0.717) is 0 Å². The van der Waals surface area contributed by atoms with Gasteiger partial charge >= 0.3 is 0 Å². The van der Waals surface area contributed by atoms with E-state index in [0.717, 1.165) is 27.0 Å². The number of benzene rings is 3. The van der Waals surface area contributed by atoms with Gasteiger partial charge in [0.2, 0.25) is 0 Å². The minimum atomic E-state index is 0.863. The summed E-state index contributed by atoms with van der Waals surface area (Å²) < 4.78 is 6.40. The molecule has 1 aromatic heterocycles. The first-order valence-corrected chi connectivity index (χ1v) is 8.98. The van der Waals surface area contributed by atoms with Crippen LogP contribution in [0.5, 0.6) is 5.75 Å². The van der Waals surface area contributed by atoms with Crippen LogP contribution in [-0.4, -0.2) is 12.1 Å². The van der Waals surface area contributed by atoms with Gasteiger partial charge in [-0.2, -0.15) is 0 Å². The van der Waals surface area contributed by atoms with Gasteiger partial charge in [0.25, 0.3) is 0 Å². The molecule has 4 aromatic rings. The lowest BCUT2D eigenvalue weighted by atomic mass is 9.98. The quantitative estimate of drug-likeness (QED) is 0.419. The van der Waals surface area contributed by atoms with Crippen molar-refractivity contribution in [1.82, 2.24) is 4.98 Å². The van der Waals surface area contributed by atoms with Crippen molar-refractivity contribution in [3.05, 3.63) is 76.8 Å². The largest absolute Gasteiger partial charge is 0.497 e. The first-order chi connectivity index (χ1) is 12.2. The molecule has 4 rings (SSSR count). The van der Waals surface area contributed by atoms with Gasteiger partial charge in [-0.25, -0.2) is 0 Å². The average molecular weight is 392 g/mol. The van der Waals surface area contributed by atoms with Crippen molar-refractivity contribution in [2.24, 2.45) is 0 Å². The van der Waals surface area contributed by atoms with Crippen LogP contribution in [-0.2, 0) is 0 Å². The lowest BCUT2D eigenvalue weighted by molar-refractivity contribution is 0.415. The lowest BCUT2D eigenvalue weighted by Crippen LogP contribution is -1.87. The predicted octanol–water partition coefficient (Wildman–Crippen LogP) is 6.58. The summed E-state index contributed by atoms with van der Waals surface area (Å²) in [6.07, 6.45) is 0. The molecule has 25 heavy (non-hydrogen) atoms. The third-order valence-corrected chi connectivity index (χ3v) is 5.13. The molecule has 0 aliphatic rings. The summed E-state index contributed by atoms with van der Waals surface area (Å²) in [6.45, 7) is 2.10. The maximum absolute atomic E-state index is 5.31. The number of fused-ring (bicyclic) bond motifs is 1. The Balaban J connectivity index is 2.00. The van der Waals surface area contributed by atoms with Gasteiger partial charge in [-0.05, 0) is 42.3 Å². The Bertz CT molecular complexity index is 1050. The second kappa shape index (κ2) is 6.41. The Morgan fingerprint density at radius 1 is 0.920 bits per heavy atom. The predicted molar refractivity (Wildman–Crippen MR) is 108 cm³/mol. The highest BCUT2D eigenvalue weighted by Crippen LogP contribution is 2.41. The number of H-pyrrole nitrogens is 1. The van der Waals surface area contributed by atoms with E-state index in [9.17, 15) is 0 Å². The van der Waals surface area contributed by atoms with Gasteiger partial charge in [0.1, 0.15) is 5.75 Å². The molecule has 0 aliphatic heterocycles. The number of rotatable bonds is 3. The van der Waals surface area contributed by atoms with Crippen molar-refractivity contribution in [2.45, 2.75) is 6.92 Å². The molecular formula is C22H18BrNO.